The Morgan fingerprint density at radius 3 is 2.47 bits per heavy atom. The van der Waals surface area contributed by atoms with Crippen LogP contribution in [-0.2, 0) is 25.5 Å². The summed E-state index contributed by atoms with van der Waals surface area (Å²) in [6.07, 6.45) is -0.316. The third-order valence-corrected chi connectivity index (χ3v) is 9.82. The number of halogens is 3. The van der Waals surface area contributed by atoms with E-state index in [1.165, 1.54) is 6.07 Å². The smallest absolute Gasteiger partial charge is 0.380 e. The minimum atomic E-state index is -4.59. The second kappa shape index (κ2) is 9.43. The summed E-state index contributed by atoms with van der Waals surface area (Å²) in [6, 6.07) is 3.83. The molecule has 1 aromatic rings. The SMILES string of the molecule is COC1CNC(C(=O)CCCC2CC(C(C)(C)S(=O)(=O)c3cccc(C(F)(F)F)c3)C2)C1. The molecule has 2 fully saturated rings. The Balaban J connectivity index is 1.51. The molecule has 0 aromatic heterocycles. The summed E-state index contributed by atoms with van der Waals surface area (Å²) in [5.74, 6) is 0.404. The van der Waals surface area contributed by atoms with Gasteiger partial charge < -0.3 is 10.1 Å². The summed E-state index contributed by atoms with van der Waals surface area (Å²) in [6.45, 7) is 3.89. The fourth-order valence-electron chi connectivity index (χ4n) is 4.77. The molecule has 0 amide bonds. The molecule has 1 N–H and O–H groups in total. The fourth-order valence-corrected chi connectivity index (χ4v) is 6.55. The van der Waals surface area contributed by atoms with Crippen LogP contribution >= 0.6 is 0 Å². The molecule has 0 spiro atoms. The van der Waals surface area contributed by atoms with Gasteiger partial charge in [-0.2, -0.15) is 13.2 Å². The van der Waals surface area contributed by atoms with Crippen molar-refractivity contribution in [2.75, 3.05) is 13.7 Å². The standard InChI is InChI=1S/C23H32F3NO4S/c1-22(2,32(29,30)19-8-5-7-16(12-19)23(24,25)26)17-10-15(11-17)6-4-9-21(28)20-13-18(31-3)14-27-20/h5,7-8,12,15,17-18,20,27H,4,6,9-11,13-14H2,1-3H3. The van der Waals surface area contributed by atoms with Crippen LogP contribution in [0.25, 0.3) is 0 Å². The molecule has 1 aliphatic carbocycles. The van der Waals surface area contributed by atoms with Gasteiger partial charge in [-0.05, 0) is 69.6 Å². The zero-order valence-corrected chi connectivity index (χ0v) is 19.6. The lowest BCUT2D eigenvalue weighted by atomic mass is 9.67. The van der Waals surface area contributed by atoms with Crippen molar-refractivity contribution in [3.05, 3.63) is 29.8 Å². The van der Waals surface area contributed by atoms with Crippen molar-refractivity contribution in [1.82, 2.24) is 5.32 Å². The Hall–Kier alpha value is -1.45. The molecule has 1 saturated carbocycles. The van der Waals surface area contributed by atoms with Crippen LogP contribution in [0.4, 0.5) is 13.2 Å². The normalized spacial score (nSPS) is 26.7. The highest BCUT2D eigenvalue weighted by atomic mass is 32.2. The summed E-state index contributed by atoms with van der Waals surface area (Å²) >= 11 is 0. The highest BCUT2D eigenvalue weighted by molar-refractivity contribution is 7.92. The average molecular weight is 476 g/mol. The van der Waals surface area contributed by atoms with Crippen molar-refractivity contribution >= 4 is 15.6 Å². The van der Waals surface area contributed by atoms with Crippen LogP contribution in [0.1, 0.15) is 57.9 Å². The van der Waals surface area contributed by atoms with E-state index in [-0.39, 0.29) is 28.7 Å². The van der Waals surface area contributed by atoms with Crippen molar-refractivity contribution in [3.63, 3.8) is 0 Å². The van der Waals surface area contributed by atoms with E-state index in [4.69, 9.17) is 4.74 Å². The van der Waals surface area contributed by atoms with Crippen molar-refractivity contribution in [2.24, 2.45) is 11.8 Å². The molecule has 2 unspecified atom stereocenters. The maximum atomic E-state index is 13.1. The van der Waals surface area contributed by atoms with Crippen molar-refractivity contribution in [3.8, 4) is 0 Å². The molecule has 5 nitrogen and oxygen atoms in total. The predicted octanol–water partition coefficient (Wildman–Crippen LogP) is 4.40. The van der Waals surface area contributed by atoms with Crippen LogP contribution < -0.4 is 5.32 Å². The van der Waals surface area contributed by atoms with Crippen LogP contribution in [-0.4, -0.2) is 44.7 Å². The number of Topliss-reactive ketones (excluding diaryl/α,β-unsaturated/α-hetero) is 1. The molecule has 180 valence electrons. The first kappa shape index (κ1) is 25.2. The number of benzene rings is 1. The summed E-state index contributed by atoms with van der Waals surface area (Å²) < 4.78 is 69.5. The fraction of sp³-hybridized carbons (Fsp3) is 0.696. The second-order valence-electron chi connectivity index (χ2n) is 9.58. The molecule has 0 radical (unpaired) electrons. The Labute approximate surface area is 188 Å². The number of carbonyl (C=O) groups is 1. The van der Waals surface area contributed by atoms with Gasteiger partial charge in [-0.15, -0.1) is 0 Å². The molecule has 1 saturated heterocycles. The predicted molar refractivity (Wildman–Crippen MR) is 115 cm³/mol. The number of hydrogen-bond donors (Lipinski definition) is 1. The van der Waals surface area contributed by atoms with E-state index >= 15 is 0 Å². The van der Waals surface area contributed by atoms with Gasteiger partial charge in [0.15, 0.2) is 9.84 Å². The van der Waals surface area contributed by atoms with Gasteiger partial charge in [0.25, 0.3) is 0 Å². The quantitative estimate of drug-likeness (QED) is 0.573. The molecule has 0 bridgehead atoms. The van der Waals surface area contributed by atoms with Crippen LogP contribution in [0.3, 0.4) is 0 Å². The number of ether oxygens (including phenoxy) is 1. The Bertz CT molecular complexity index is 923. The minimum absolute atomic E-state index is 0.0809. The highest BCUT2D eigenvalue weighted by Gasteiger charge is 2.48. The molecular formula is C23H32F3NO4S. The first-order valence-corrected chi connectivity index (χ1v) is 12.6. The van der Waals surface area contributed by atoms with Gasteiger partial charge in [-0.25, -0.2) is 8.42 Å². The average Bonchev–Trinajstić information content (AvgIpc) is 3.18. The third kappa shape index (κ3) is 5.20. The number of rotatable bonds is 9. The maximum absolute atomic E-state index is 13.1. The van der Waals surface area contributed by atoms with Crippen LogP contribution in [0.2, 0.25) is 0 Å². The number of nitrogens with one attached hydrogen (secondary N) is 1. The van der Waals surface area contributed by atoms with E-state index in [1.54, 1.807) is 21.0 Å². The molecule has 2 aliphatic rings. The first-order chi connectivity index (χ1) is 14.9. The van der Waals surface area contributed by atoms with Crippen molar-refractivity contribution < 1.29 is 31.1 Å². The van der Waals surface area contributed by atoms with Gasteiger partial charge in [0.2, 0.25) is 0 Å². The largest absolute Gasteiger partial charge is 0.416 e. The number of sulfone groups is 1. The van der Waals surface area contributed by atoms with E-state index in [9.17, 15) is 26.4 Å². The first-order valence-electron chi connectivity index (χ1n) is 11.1. The van der Waals surface area contributed by atoms with E-state index in [1.807, 2.05) is 0 Å². The number of alkyl halides is 3. The summed E-state index contributed by atoms with van der Waals surface area (Å²) in [4.78, 5) is 12.0. The van der Waals surface area contributed by atoms with E-state index in [2.05, 4.69) is 5.32 Å². The van der Waals surface area contributed by atoms with Crippen molar-refractivity contribution in [1.29, 1.82) is 0 Å². The van der Waals surface area contributed by atoms with E-state index in [0.29, 0.717) is 38.1 Å². The van der Waals surface area contributed by atoms with Crippen LogP contribution in [0, 0.1) is 11.8 Å². The second-order valence-corrected chi connectivity index (χ2v) is 12.1. The molecule has 1 aliphatic heterocycles. The summed E-state index contributed by atoms with van der Waals surface area (Å²) in [5, 5.41) is 3.18. The number of ketones is 1. The molecule has 1 heterocycles. The summed E-state index contributed by atoms with van der Waals surface area (Å²) in [7, 11) is -2.29. The van der Waals surface area contributed by atoms with E-state index in [0.717, 1.165) is 31.0 Å². The molecular weight excluding hydrogens is 443 g/mol. The maximum Gasteiger partial charge on any atom is 0.416 e. The lowest BCUT2D eigenvalue weighted by Crippen LogP contribution is -2.46. The van der Waals surface area contributed by atoms with Crippen LogP contribution in [0.15, 0.2) is 29.2 Å². The Morgan fingerprint density at radius 2 is 1.88 bits per heavy atom. The molecule has 3 rings (SSSR count). The molecule has 32 heavy (non-hydrogen) atoms. The minimum Gasteiger partial charge on any atom is -0.380 e. The third-order valence-electron chi connectivity index (χ3n) is 7.23. The lowest BCUT2D eigenvalue weighted by molar-refractivity contribution is -0.137. The number of methoxy groups -OCH3 is 1. The zero-order chi connectivity index (χ0) is 23.7. The van der Waals surface area contributed by atoms with Crippen LogP contribution in [0.5, 0.6) is 0 Å². The summed E-state index contributed by atoms with van der Waals surface area (Å²) in [5.41, 5.74) is -0.959. The van der Waals surface area contributed by atoms with Gasteiger partial charge in [-0.3, -0.25) is 4.79 Å². The number of hydrogen-bond acceptors (Lipinski definition) is 5. The highest BCUT2D eigenvalue weighted by Crippen LogP contribution is 2.48. The zero-order valence-electron chi connectivity index (χ0n) is 18.7. The van der Waals surface area contributed by atoms with Gasteiger partial charge >= 0.3 is 6.18 Å². The van der Waals surface area contributed by atoms with E-state index < -0.39 is 26.3 Å². The lowest BCUT2D eigenvalue weighted by Gasteiger charge is -2.45. The molecule has 2 atom stereocenters. The van der Waals surface area contributed by atoms with Gasteiger partial charge in [-0.1, -0.05) is 12.5 Å². The van der Waals surface area contributed by atoms with Crippen molar-refractivity contribution in [2.45, 2.75) is 80.3 Å². The van der Waals surface area contributed by atoms with Gasteiger partial charge in [0, 0.05) is 20.1 Å². The van der Waals surface area contributed by atoms with Gasteiger partial charge in [0.1, 0.15) is 5.78 Å². The van der Waals surface area contributed by atoms with Gasteiger partial charge in [0.05, 0.1) is 27.4 Å². The topological polar surface area (TPSA) is 72.5 Å². The Kier molecular flexibility index (Phi) is 7.42. The monoisotopic (exact) mass is 475 g/mol. The number of carbonyl (C=O) groups excluding carboxylic acids is 1. The molecule has 9 heteroatoms. The Morgan fingerprint density at radius 1 is 1.19 bits per heavy atom. The molecule has 1 aromatic carbocycles.